The first-order chi connectivity index (χ1) is 10.0. The van der Waals surface area contributed by atoms with Crippen molar-refractivity contribution >= 4 is 29.2 Å². The fourth-order valence-electron chi connectivity index (χ4n) is 2.45. The standard InChI is InChI=1S/C15H20ClN3O2/c1-3-13(20)19-8-7-11(9-19)17-15(21)18-14-10(2)5-4-6-12(14)16/h4-6,11H,3,7-9H2,1-2H3,(H2,17,18,21)/t11-/m0/s1. The Morgan fingerprint density at radius 1 is 1.43 bits per heavy atom. The molecule has 1 fully saturated rings. The van der Waals surface area contributed by atoms with E-state index in [-0.39, 0.29) is 18.0 Å². The number of anilines is 1. The maximum atomic E-state index is 12.0. The van der Waals surface area contributed by atoms with E-state index in [1.807, 2.05) is 26.0 Å². The molecule has 1 aliphatic rings. The van der Waals surface area contributed by atoms with E-state index >= 15 is 0 Å². The van der Waals surface area contributed by atoms with Crippen molar-refractivity contribution in [2.75, 3.05) is 18.4 Å². The van der Waals surface area contributed by atoms with Crippen molar-refractivity contribution in [1.29, 1.82) is 0 Å². The van der Waals surface area contributed by atoms with Gasteiger partial charge in [0.05, 0.1) is 10.7 Å². The number of likely N-dealkylation sites (tertiary alicyclic amines) is 1. The lowest BCUT2D eigenvalue weighted by Gasteiger charge is -2.17. The Morgan fingerprint density at radius 3 is 2.86 bits per heavy atom. The number of carbonyl (C=O) groups is 2. The van der Waals surface area contributed by atoms with Crippen LogP contribution in [0.4, 0.5) is 10.5 Å². The molecule has 1 saturated heterocycles. The fourth-order valence-corrected chi connectivity index (χ4v) is 2.72. The topological polar surface area (TPSA) is 61.4 Å². The molecular weight excluding hydrogens is 290 g/mol. The molecule has 2 rings (SSSR count). The second-order valence-corrected chi connectivity index (χ2v) is 5.62. The molecule has 1 aromatic carbocycles. The minimum absolute atomic E-state index is 0.0108. The third-order valence-electron chi connectivity index (χ3n) is 3.64. The minimum Gasteiger partial charge on any atom is -0.341 e. The number of urea groups is 1. The molecular formula is C15H20ClN3O2. The first-order valence-electron chi connectivity index (χ1n) is 7.11. The Labute approximate surface area is 129 Å². The summed E-state index contributed by atoms with van der Waals surface area (Å²) in [5.41, 5.74) is 1.53. The minimum atomic E-state index is -0.290. The summed E-state index contributed by atoms with van der Waals surface area (Å²) in [7, 11) is 0. The lowest BCUT2D eigenvalue weighted by Crippen LogP contribution is -2.40. The fraction of sp³-hybridized carbons (Fsp3) is 0.467. The normalized spacial score (nSPS) is 17.7. The second kappa shape index (κ2) is 6.80. The molecule has 1 aromatic rings. The second-order valence-electron chi connectivity index (χ2n) is 5.21. The van der Waals surface area contributed by atoms with Crippen LogP contribution in [0, 0.1) is 6.92 Å². The number of nitrogens with zero attached hydrogens (tertiary/aromatic N) is 1. The van der Waals surface area contributed by atoms with Gasteiger partial charge in [-0.2, -0.15) is 0 Å². The molecule has 0 aromatic heterocycles. The summed E-state index contributed by atoms with van der Waals surface area (Å²) in [6.45, 7) is 5.00. The Kier molecular flexibility index (Phi) is 5.07. The van der Waals surface area contributed by atoms with Gasteiger partial charge < -0.3 is 15.5 Å². The van der Waals surface area contributed by atoms with Crippen molar-refractivity contribution in [1.82, 2.24) is 10.2 Å². The van der Waals surface area contributed by atoms with Crippen LogP contribution in [0.5, 0.6) is 0 Å². The van der Waals surface area contributed by atoms with Crippen LogP contribution in [0.1, 0.15) is 25.3 Å². The summed E-state index contributed by atoms with van der Waals surface area (Å²) in [6, 6.07) is 5.16. The van der Waals surface area contributed by atoms with Gasteiger partial charge >= 0.3 is 6.03 Å². The van der Waals surface area contributed by atoms with Crippen molar-refractivity contribution in [3.63, 3.8) is 0 Å². The van der Waals surface area contributed by atoms with E-state index in [0.717, 1.165) is 12.0 Å². The summed E-state index contributed by atoms with van der Waals surface area (Å²) in [5, 5.41) is 6.18. The number of halogens is 1. The molecule has 0 radical (unpaired) electrons. The highest BCUT2D eigenvalue weighted by atomic mass is 35.5. The smallest absolute Gasteiger partial charge is 0.319 e. The Morgan fingerprint density at radius 2 is 2.19 bits per heavy atom. The Balaban J connectivity index is 1.90. The predicted octanol–water partition coefficient (Wildman–Crippen LogP) is 2.78. The predicted molar refractivity (Wildman–Crippen MR) is 83.6 cm³/mol. The molecule has 2 N–H and O–H groups in total. The lowest BCUT2D eigenvalue weighted by molar-refractivity contribution is -0.129. The van der Waals surface area contributed by atoms with Gasteiger partial charge in [-0.05, 0) is 25.0 Å². The van der Waals surface area contributed by atoms with Crippen LogP contribution in [0.25, 0.3) is 0 Å². The number of carbonyl (C=O) groups excluding carboxylic acids is 2. The van der Waals surface area contributed by atoms with Crippen molar-refractivity contribution in [2.45, 2.75) is 32.7 Å². The van der Waals surface area contributed by atoms with Crippen molar-refractivity contribution in [2.24, 2.45) is 0 Å². The van der Waals surface area contributed by atoms with Crippen LogP contribution >= 0.6 is 11.6 Å². The van der Waals surface area contributed by atoms with Crippen molar-refractivity contribution in [3.8, 4) is 0 Å². The molecule has 5 nitrogen and oxygen atoms in total. The molecule has 6 heteroatoms. The van der Waals surface area contributed by atoms with E-state index < -0.39 is 0 Å². The van der Waals surface area contributed by atoms with Gasteiger partial charge in [0.15, 0.2) is 0 Å². The molecule has 0 bridgehead atoms. The van der Waals surface area contributed by atoms with Gasteiger partial charge in [0.25, 0.3) is 0 Å². The summed E-state index contributed by atoms with van der Waals surface area (Å²) in [5.74, 6) is 0.127. The quantitative estimate of drug-likeness (QED) is 0.902. The van der Waals surface area contributed by atoms with Gasteiger partial charge in [-0.3, -0.25) is 4.79 Å². The largest absolute Gasteiger partial charge is 0.341 e. The molecule has 114 valence electrons. The van der Waals surface area contributed by atoms with Crippen molar-refractivity contribution in [3.05, 3.63) is 28.8 Å². The number of para-hydroxylation sites is 1. The number of amides is 3. The van der Waals surface area contributed by atoms with Gasteiger partial charge in [-0.15, -0.1) is 0 Å². The molecule has 1 aliphatic heterocycles. The maximum absolute atomic E-state index is 12.0. The zero-order chi connectivity index (χ0) is 15.4. The van der Waals surface area contributed by atoms with Gasteiger partial charge in [-0.25, -0.2) is 4.79 Å². The average molecular weight is 310 g/mol. The van der Waals surface area contributed by atoms with E-state index in [4.69, 9.17) is 11.6 Å². The summed E-state index contributed by atoms with van der Waals surface area (Å²) in [6.07, 6.45) is 1.28. The lowest BCUT2D eigenvalue weighted by atomic mass is 10.2. The van der Waals surface area contributed by atoms with Crippen LogP contribution in [-0.4, -0.2) is 36.0 Å². The van der Waals surface area contributed by atoms with E-state index in [9.17, 15) is 9.59 Å². The van der Waals surface area contributed by atoms with Gasteiger partial charge in [0, 0.05) is 25.6 Å². The number of rotatable bonds is 3. The maximum Gasteiger partial charge on any atom is 0.319 e. The highest BCUT2D eigenvalue weighted by molar-refractivity contribution is 6.33. The Hall–Kier alpha value is -1.75. The highest BCUT2D eigenvalue weighted by Gasteiger charge is 2.26. The molecule has 0 saturated carbocycles. The van der Waals surface area contributed by atoms with E-state index in [2.05, 4.69) is 10.6 Å². The molecule has 21 heavy (non-hydrogen) atoms. The molecule has 0 spiro atoms. The number of nitrogens with one attached hydrogen (secondary N) is 2. The number of aryl methyl sites for hydroxylation is 1. The summed E-state index contributed by atoms with van der Waals surface area (Å²) < 4.78 is 0. The average Bonchev–Trinajstić information content (AvgIpc) is 2.90. The van der Waals surface area contributed by atoms with Crippen LogP contribution in [0.3, 0.4) is 0 Å². The molecule has 1 atom stereocenters. The van der Waals surface area contributed by atoms with Crippen LogP contribution in [0.2, 0.25) is 5.02 Å². The molecule has 1 heterocycles. The SMILES string of the molecule is CCC(=O)N1CC[C@H](NC(=O)Nc2c(C)cccc2Cl)C1. The highest BCUT2D eigenvalue weighted by Crippen LogP contribution is 2.25. The number of hydrogen-bond acceptors (Lipinski definition) is 2. The zero-order valence-electron chi connectivity index (χ0n) is 12.3. The van der Waals surface area contributed by atoms with Crippen LogP contribution in [-0.2, 0) is 4.79 Å². The third kappa shape index (κ3) is 3.88. The van der Waals surface area contributed by atoms with Crippen LogP contribution in [0.15, 0.2) is 18.2 Å². The monoisotopic (exact) mass is 309 g/mol. The van der Waals surface area contributed by atoms with Crippen LogP contribution < -0.4 is 10.6 Å². The third-order valence-corrected chi connectivity index (χ3v) is 3.95. The molecule has 3 amide bonds. The van der Waals surface area contributed by atoms with E-state index in [1.54, 1.807) is 11.0 Å². The van der Waals surface area contributed by atoms with E-state index in [1.165, 1.54) is 0 Å². The van der Waals surface area contributed by atoms with Crippen molar-refractivity contribution < 1.29 is 9.59 Å². The summed E-state index contributed by atoms with van der Waals surface area (Å²) in [4.78, 5) is 25.4. The van der Waals surface area contributed by atoms with Gasteiger partial charge in [-0.1, -0.05) is 30.7 Å². The number of benzene rings is 1. The summed E-state index contributed by atoms with van der Waals surface area (Å²) >= 11 is 6.08. The first-order valence-corrected chi connectivity index (χ1v) is 7.49. The zero-order valence-corrected chi connectivity index (χ0v) is 13.0. The molecule has 0 aliphatic carbocycles. The van der Waals surface area contributed by atoms with Gasteiger partial charge in [0.1, 0.15) is 0 Å². The van der Waals surface area contributed by atoms with Gasteiger partial charge in [0.2, 0.25) is 5.91 Å². The van der Waals surface area contributed by atoms with E-state index in [0.29, 0.717) is 30.2 Å². The first kappa shape index (κ1) is 15.6. The number of hydrogen-bond donors (Lipinski definition) is 2. The Bertz CT molecular complexity index is 527. The molecule has 0 unspecified atom stereocenters.